The zero-order valence-electron chi connectivity index (χ0n) is 18.1. The van der Waals surface area contributed by atoms with E-state index in [4.69, 9.17) is 4.74 Å². The molecule has 5 nitrogen and oxygen atoms in total. The molecule has 0 atom stereocenters. The number of para-hydroxylation sites is 1. The fraction of sp³-hybridized carbons (Fsp3) is 0.333. The molecule has 0 saturated carbocycles. The molecule has 0 aliphatic carbocycles. The maximum absolute atomic E-state index is 12.8. The summed E-state index contributed by atoms with van der Waals surface area (Å²) in [5.74, 6) is -0.0731. The van der Waals surface area contributed by atoms with Gasteiger partial charge in [0.15, 0.2) is 0 Å². The summed E-state index contributed by atoms with van der Waals surface area (Å²) in [5.41, 5.74) is 2.68. The van der Waals surface area contributed by atoms with Crippen LogP contribution in [0.2, 0.25) is 0 Å². The van der Waals surface area contributed by atoms with Gasteiger partial charge in [-0.05, 0) is 23.8 Å². The highest BCUT2D eigenvalue weighted by atomic mass is 32.1. The number of morpholine rings is 1. The summed E-state index contributed by atoms with van der Waals surface area (Å²) >= 11 is 1.31. The third-order valence-corrected chi connectivity index (χ3v) is 6.46. The van der Waals surface area contributed by atoms with E-state index in [0.717, 1.165) is 36.5 Å². The first kappa shape index (κ1) is 23.3. The molecular formula is C24H24F3N3O2S. The van der Waals surface area contributed by atoms with E-state index < -0.39 is 11.7 Å². The number of aromatic nitrogens is 1. The van der Waals surface area contributed by atoms with Gasteiger partial charge in [0.2, 0.25) is 5.91 Å². The Morgan fingerprint density at radius 2 is 1.82 bits per heavy atom. The highest BCUT2D eigenvalue weighted by molar-refractivity contribution is 7.13. The molecule has 1 aliphatic heterocycles. The summed E-state index contributed by atoms with van der Waals surface area (Å²) in [6, 6.07) is 12.9. The number of halogens is 3. The molecule has 1 aromatic heterocycles. The maximum atomic E-state index is 12.8. The summed E-state index contributed by atoms with van der Waals surface area (Å²) < 4.78 is 43.7. The number of alkyl halides is 3. The van der Waals surface area contributed by atoms with Crippen LogP contribution in [0.1, 0.15) is 16.8 Å². The minimum absolute atomic E-state index is 0.0731. The molecule has 0 unspecified atom stereocenters. The van der Waals surface area contributed by atoms with Crippen molar-refractivity contribution in [2.45, 2.75) is 19.1 Å². The number of carbonyl (C=O) groups is 1. The first-order chi connectivity index (χ1) is 15.8. The minimum Gasteiger partial charge on any atom is -0.378 e. The lowest BCUT2D eigenvalue weighted by Crippen LogP contribution is -2.37. The molecule has 0 N–H and O–H groups in total. The molecule has 33 heavy (non-hydrogen) atoms. The number of thiazole rings is 1. The van der Waals surface area contributed by atoms with Gasteiger partial charge in [-0.25, -0.2) is 4.98 Å². The Labute approximate surface area is 194 Å². The van der Waals surface area contributed by atoms with Crippen molar-refractivity contribution in [2.75, 3.05) is 38.3 Å². The molecule has 0 spiro atoms. The topological polar surface area (TPSA) is 45.7 Å². The van der Waals surface area contributed by atoms with Crippen molar-refractivity contribution in [3.05, 3.63) is 70.7 Å². The first-order valence-electron chi connectivity index (χ1n) is 10.6. The van der Waals surface area contributed by atoms with Gasteiger partial charge in [0, 0.05) is 43.3 Å². The minimum atomic E-state index is -4.37. The predicted octanol–water partition coefficient (Wildman–Crippen LogP) is 4.87. The lowest BCUT2D eigenvalue weighted by Gasteiger charge is -2.31. The highest BCUT2D eigenvalue weighted by Gasteiger charge is 2.30. The van der Waals surface area contributed by atoms with Gasteiger partial charge in [0.1, 0.15) is 5.01 Å². The van der Waals surface area contributed by atoms with Crippen LogP contribution in [-0.4, -0.2) is 49.1 Å². The van der Waals surface area contributed by atoms with Crippen LogP contribution in [-0.2, 0) is 28.7 Å². The molecule has 2 aromatic carbocycles. The SMILES string of the molecule is CN(Cc1ccccc1N1CCOCC1)C(=O)Cc1csc(-c2ccc(C(F)(F)F)cc2)n1. The van der Waals surface area contributed by atoms with Gasteiger partial charge >= 0.3 is 6.18 Å². The number of carbonyl (C=O) groups excluding carboxylic acids is 1. The van der Waals surface area contributed by atoms with Gasteiger partial charge in [-0.3, -0.25) is 4.79 Å². The highest BCUT2D eigenvalue weighted by Crippen LogP contribution is 2.32. The van der Waals surface area contributed by atoms with E-state index in [2.05, 4.69) is 16.0 Å². The zero-order chi connectivity index (χ0) is 23.4. The Kier molecular flexibility index (Phi) is 6.99. The van der Waals surface area contributed by atoms with Crippen molar-refractivity contribution in [3.8, 4) is 10.6 Å². The molecule has 1 fully saturated rings. The normalized spacial score (nSPS) is 14.4. The molecular weight excluding hydrogens is 451 g/mol. The summed E-state index contributed by atoms with van der Waals surface area (Å²) in [6.45, 7) is 3.49. The fourth-order valence-corrected chi connectivity index (χ4v) is 4.54. The summed E-state index contributed by atoms with van der Waals surface area (Å²) in [6.07, 6.45) is -4.24. The van der Waals surface area contributed by atoms with Crippen LogP contribution in [0.25, 0.3) is 10.6 Å². The number of hydrogen-bond donors (Lipinski definition) is 0. The van der Waals surface area contributed by atoms with Gasteiger partial charge in [-0.2, -0.15) is 13.2 Å². The maximum Gasteiger partial charge on any atom is 0.416 e. The van der Waals surface area contributed by atoms with E-state index in [1.807, 2.05) is 18.2 Å². The van der Waals surface area contributed by atoms with E-state index in [0.29, 0.717) is 36.0 Å². The van der Waals surface area contributed by atoms with Crippen LogP contribution < -0.4 is 4.90 Å². The molecule has 1 amide bonds. The van der Waals surface area contributed by atoms with E-state index in [1.54, 1.807) is 17.3 Å². The van der Waals surface area contributed by atoms with Crippen molar-refractivity contribution in [1.82, 2.24) is 9.88 Å². The second-order valence-corrected chi connectivity index (χ2v) is 8.73. The van der Waals surface area contributed by atoms with Crippen molar-refractivity contribution in [1.29, 1.82) is 0 Å². The van der Waals surface area contributed by atoms with Crippen molar-refractivity contribution in [2.24, 2.45) is 0 Å². The standard InChI is InChI=1S/C24H24F3N3O2S/c1-29(15-18-4-2-3-5-21(18)30-10-12-32-13-11-30)22(31)14-20-16-33-23(28-20)17-6-8-19(9-7-17)24(25,26)27/h2-9,16H,10-15H2,1H3. The third kappa shape index (κ3) is 5.72. The second-order valence-electron chi connectivity index (χ2n) is 7.87. The number of hydrogen-bond acceptors (Lipinski definition) is 5. The lowest BCUT2D eigenvalue weighted by atomic mass is 10.1. The molecule has 2 heterocycles. The monoisotopic (exact) mass is 475 g/mol. The number of nitrogens with zero attached hydrogens (tertiary/aromatic N) is 3. The third-order valence-electron chi connectivity index (χ3n) is 5.52. The molecule has 3 aromatic rings. The van der Waals surface area contributed by atoms with Crippen LogP contribution in [0.5, 0.6) is 0 Å². The van der Waals surface area contributed by atoms with Crippen LogP contribution in [0.4, 0.5) is 18.9 Å². The number of likely N-dealkylation sites (N-methyl/N-ethyl adjacent to an activating group) is 1. The number of amides is 1. The van der Waals surface area contributed by atoms with Crippen LogP contribution in [0.15, 0.2) is 53.9 Å². The lowest BCUT2D eigenvalue weighted by molar-refractivity contribution is -0.137. The molecule has 9 heteroatoms. The average molecular weight is 476 g/mol. The Balaban J connectivity index is 1.40. The van der Waals surface area contributed by atoms with Crippen molar-refractivity contribution < 1.29 is 22.7 Å². The summed E-state index contributed by atoms with van der Waals surface area (Å²) in [5, 5.41) is 2.37. The van der Waals surface area contributed by atoms with Gasteiger partial charge in [0.25, 0.3) is 0 Å². The number of rotatable bonds is 6. The largest absolute Gasteiger partial charge is 0.416 e. The van der Waals surface area contributed by atoms with Crippen molar-refractivity contribution in [3.63, 3.8) is 0 Å². The second kappa shape index (κ2) is 9.93. The number of anilines is 1. The average Bonchev–Trinajstić information content (AvgIpc) is 3.28. The van der Waals surface area contributed by atoms with Gasteiger partial charge in [-0.15, -0.1) is 11.3 Å². The van der Waals surface area contributed by atoms with Gasteiger partial charge < -0.3 is 14.5 Å². The number of benzene rings is 2. The quantitative estimate of drug-likeness (QED) is 0.511. The predicted molar refractivity (Wildman–Crippen MR) is 122 cm³/mol. The fourth-order valence-electron chi connectivity index (χ4n) is 3.71. The van der Waals surface area contributed by atoms with Crippen LogP contribution in [0, 0.1) is 0 Å². The molecule has 0 radical (unpaired) electrons. The van der Waals surface area contributed by atoms with E-state index >= 15 is 0 Å². The van der Waals surface area contributed by atoms with E-state index in [9.17, 15) is 18.0 Å². The molecule has 174 valence electrons. The van der Waals surface area contributed by atoms with E-state index in [-0.39, 0.29) is 12.3 Å². The number of ether oxygens (including phenoxy) is 1. The zero-order valence-corrected chi connectivity index (χ0v) is 19.0. The van der Waals surface area contributed by atoms with Crippen LogP contribution >= 0.6 is 11.3 Å². The van der Waals surface area contributed by atoms with Gasteiger partial charge in [0.05, 0.1) is 30.9 Å². The summed E-state index contributed by atoms with van der Waals surface area (Å²) in [4.78, 5) is 21.2. The molecule has 4 rings (SSSR count). The summed E-state index contributed by atoms with van der Waals surface area (Å²) in [7, 11) is 1.77. The first-order valence-corrected chi connectivity index (χ1v) is 11.5. The van der Waals surface area contributed by atoms with E-state index in [1.165, 1.54) is 23.5 Å². The Bertz CT molecular complexity index is 1090. The molecule has 0 bridgehead atoms. The molecule has 1 aliphatic rings. The Morgan fingerprint density at radius 3 is 2.52 bits per heavy atom. The Morgan fingerprint density at radius 1 is 1.12 bits per heavy atom. The van der Waals surface area contributed by atoms with Crippen LogP contribution in [0.3, 0.4) is 0 Å². The Hall–Kier alpha value is -2.91. The van der Waals surface area contributed by atoms with Gasteiger partial charge in [-0.1, -0.05) is 30.3 Å². The smallest absolute Gasteiger partial charge is 0.378 e. The molecule has 1 saturated heterocycles. The van der Waals surface area contributed by atoms with Crippen molar-refractivity contribution >= 4 is 22.9 Å².